The van der Waals surface area contributed by atoms with Gasteiger partial charge in [0.2, 0.25) is 10.0 Å². The Hall–Kier alpha value is -2.16. The molecule has 2 aliphatic rings. The summed E-state index contributed by atoms with van der Waals surface area (Å²) in [7, 11) is -1.88. The SMILES string of the molecule is COc1c(C)cc(S(=O)(=O)N2CCC(N3CCC(Oc4ccncc4)CC3)CC2)cc1C. The summed E-state index contributed by atoms with van der Waals surface area (Å²) in [5.74, 6) is 1.62. The number of hydrogen-bond donors (Lipinski definition) is 0. The van der Waals surface area contributed by atoms with Crippen LogP contribution in [-0.4, -0.2) is 68.0 Å². The fourth-order valence-corrected chi connectivity index (χ4v) is 6.59. The van der Waals surface area contributed by atoms with E-state index in [-0.39, 0.29) is 6.10 Å². The molecule has 3 heterocycles. The van der Waals surface area contributed by atoms with Crippen LogP contribution in [0.25, 0.3) is 0 Å². The fraction of sp³-hybridized carbons (Fsp3) is 0.542. The Morgan fingerprint density at radius 2 is 1.53 bits per heavy atom. The van der Waals surface area contributed by atoms with Crippen LogP contribution in [0.4, 0.5) is 0 Å². The van der Waals surface area contributed by atoms with E-state index in [9.17, 15) is 8.42 Å². The predicted octanol–water partition coefficient (Wildman–Crippen LogP) is 3.40. The molecule has 0 atom stereocenters. The van der Waals surface area contributed by atoms with E-state index in [4.69, 9.17) is 9.47 Å². The van der Waals surface area contributed by atoms with Crippen molar-refractivity contribution in [3.63, 3.8) is 0 Å². The first kappa shape index (κ1) is 23.0. The lowest BCUT2D eigenvalue weighted by molar-refractivity contribution is 0.0585. The molecule has 0 radical (unpaired) electrons. The molecule has 1 aromatic heterocycles. The monoisotopic (exact) mass is 459 g/mol. The zero-order valence-corrected chi connectivity index (χ0v) is 20.0. The van der Waals surface area contributed by atoms with Crippen molar-refractivity contribution in [2.45, 2.75) is 56.6 Å². The third-order valence-corrected chi connectivity index (χ3v) is 8.52. The van der Waals surface area contributed by atoms with Gasteiger partial charge >= 0.3 is 0 Å². The summed E-state index contributed by atoms with van der Waals surface area (Å²) in [5, 5.41) is 0. The number of pyridine rings is 1. The Morgan fingerprint density at radius 1 is 0.938 bits per heavy atom. The van der Waals surface area contributed by atoms with Gasteiger partial charge in [0.05, 0.1) is 12.0 Å². The first-order valence-electron chi connectivity index (χ1n) is 11.3. The van der Waals surface area contributed by atoms with Crippen molar-refractivity contribution in [3.8, 4) is 11.5 Å². The van der Waals surface area contributed by atoms with Gasteiger partial charge in [0.15, 0.2) is 0 Å². The van der Waals surface area contributed by atoms with E-state index in [2.05, 4.69) is 9.88 Å². The smallest absolute Gasteiger partial charge is 0.243 e. The highest BCUT2D eigenvalue weighted by Gasteiger charge is 2.33. The summed E-state index contributed by atoms with van der Waals surface area (Å²) < 4.78 is 39.6. The van der Waals surface area contributed by atoms with Crippen LogP contribution in [0.3, 0.4) is 0 Å². The highest BCUT2D eigenvalue weighted by molar-refractivity contribution is 7.89. The van der Waals surface area contributed by atoms with E-state index < -0.39 is 10.0 Å². The number of sulfonamides is 1. The van der Waals surface area contributed by atoms with E-state index >= 15 is 0 Å². The van der Waals surface area contributed by atoms with Crippen molar-refractivity contribution in [1.82, 2.24) is 14.2 Å². The topological polar surface area (TPSA) is 72.0 Å². The average molecular weight is 460 g/mol. The molecule has 2 saturated heterocycles. The number of ether oxygens (including phenoxy) is 2. The number of rotatable bonds is 6. The summed E-state index contributed by atoms with van der Waals surface area (Å²) in [5.41, 5.74) is 1.69. The maximum atomic E-state index is 13.2. The fourth-order valence-electron chi connectivity index (χ4n) is 4.95. The molecule has 0 amide bonds. The van der Waals surface area contributed by atoms with E-state index in [0.29, 0.717) is 24.0 Å². The molecule has 0 unspecified atom stereocenters. The van der Waals surface area contributed by atoms with Crippen LogP contribution in [0.5, 0.6) is 11.5 Å². The van der Waals surface area contributed by atoms with E-state index in [1.165, 1.54) is 0 Å². The first-order chi connectivity index (χ1) is 15.4. The van der Waals surface area contributed by atoms with Crippen LogP contribution in [0.2, 0.25) is 0 Å². The van der Waals surface area contributed by atoms with Crippen LogP contribution in [0.1, 0.15) is 36.8 Å². The first-order valence-corrected chi connectivity index (χ1v) is 12.8. The Morgan fingerprint density at radius 3 is 2.09 bits per heavy atom. The maximum Gasteiger partial charge on any atom is 0.243 e. The van der Waals surface area contributed by atoms with Gasteiger partial charge in [0.25, 0.3) is 0 Å². The summed E-state index contributed by atoms with van der Waals surface area (Å²) >= 11 is 0. The number of hydrogen-bond acceptors (Lipinski definition) is 6. The van der Waals surface area contributed by atoms with Gasteiger partial charge in [0.1, 0.15) is 17.6 Å². The standard InChI is InChI=1S/C24H33N3O4S/c1-18-16-23(17-19(2)24(18)30-3)32(28,29)27-14-6-20(7-15-27)26-12-8-22(9-13-26)31-21-4-10-25-11-5-21/h4-5,10-11,16-17,20,22H,6-9,12-15H2,1-3H3. The highest BCUT2D eigenvalue weighted by Crippen LogP contribution is 2.30. The maximum absolute atomic E-state index is 13.2. The number of aromatic nitrogens is 1. The molecule has 1 aromatic carbocycles. The summed E-state index contributed by atoms with van der Waals surface area (Å²) in [4.78, 5) is 6.90. The van der Waals surface area contributed by atoms with Gasteiger partial charge < -0.3 is 14.4 Å². The molecule has 0 aliphatic carbocycles. The second kappa shape index (κ2) is 9.77. The summed E-state index contributed by atoms with van der Waals surface area (Å²) in [6.45, 7) is 6.88. The normalized spacial score (nSPS) is 19.7. The molecule has 174 valence electrons. The lowest BCUT2D eigenvalue weighted by Gasteiger charge is -2.41. The van der Waals surface area contributed by atoms with Gasteiger partial charge in [-0.05, 0) is 74.9 Å². The Balaban J connectivity index is 1.31. The van der Waals surface area contributed by atoms with Crippen LogP contribution in [-0.2, 0) is 10.0 Å². The van der Waals surface area contributed by atoms with Crippen LogP contribution in [0, 0.1) is 13.8 Å². The van der Waals surface area contributed by atoms with E-state index in [1.807, 2.05) is 26.0 Å². The van der Waals surface area contributed by atoms with Crippen LogP contribution < -0.4 is 9.47 Å². The van der Waals surface area contributed by atoms with Crippen molar-refractivity contribution in [3.05, 3.63) is 47.8 Å². The van der Waals surface area contributed by atoms with Crippen LogP contribution >= 0.6 is 0 Å². The molecule has 4 rings (SSSR count). The van der Waals surface area contributed by atoms with Gasteiger partial charge in [0, 0.05) is 44.6 Å². The number of benzene rings is 1. The Labute approximate surface area is 191 Å². The third kappa shape index (κ3) is 4.92. The molecular weight excluding hydrogens is 426 g/mol. The van der Waals surface area contributed by atoms with Crippen molar-refractivity contribution in [2.75, 3.05) is 33.3 Å². The number of likely N-dealkylation sites (tertiary alicyclic amines) is 1. The molecule has 8 heteroatoms. The molecule has 2 fully saturated rings. The van der Waals surface area contributed by atoms with Gasteiger partial charge in [-0.1, -0.05) is 0 Å². The summed E-state index contributed by atoms with van der Waals surface area (Å²) in [6.07, 6.45) is 7.45. The predicted molar refractivity (Wildman–Crippen MR) is 124 cm³/mol. The molecule has 0 N–H and O–H groups in total. The molecule has 0 spiro atoms. The van der Waals surface area contributed by atoms with Crippen molar-refractivity contribution < 1.29 is 17.9 Å². The highest BCUT2D eigenvalue weighted by atomic mass is 32.2. The molecule has 32 heavy (non-hydrogen) atoms. The van der Waals surface area contributed by atoms with E-state index in [1.54, 1.807) is 35.9 Å². The van der Waals surface area contributed by atoms with Crippen molar-refractivity contribution in [1.29, 1.82) is 0 Å². The van der Waals surface area contributed by atoms with Gasteiger partial charge in [-0.3, -0.25) is 4.98 Å². The summed E-state index contributed by atoms with van der Waals surface area (Å²) in [6, 6.07) is 7.67. The quantitative estimate of drug-likeness (QED) is 0.659. The van der Waals surface area contributed by atoms with Crippen molar-refractivity contribution in [2.24, 2.45) is 0 Å². The number of piperidine rings is 2. The zero-order chi connectivity index (χ0) is 22.7. The Kier molecular flexibility index (Phi) is 7.02. The minimum Gasteiger partial charge on any atom is -0.496 e. The lowest BCUT2D eigenvalue weighted by Crippen LogP contribution is -2.50. The molecule has 0 bridgehead atoms. The Bertz CT molecular complexity index is 990. The second-order valence-electron chi connectivity index (χ2n) is 8.76. The molecule has 2 aromatic rings. The minimum absolute atomic E-state index is 0.232. The second-order valence-corrected chi connectivity index (χ2v) is 10.7. The average Bonchev–Trinajstić information content (AvgIpc) is 2.80. The minimum atomic E-state index is -3.50. The van der Waals surface area contributed by atoms with E-state index in [0.717, 1.165) is 61.4 Å². The molecular formula is C24H33N3O4S. The van der Waals surface area contributed by atoms with Crippen molar-refractivity contribution >= 4 is 10.0 Å². The van der Waals surface area contributed by atoms with Gasteiger partial charge in [-0.2, -0.15) is 4.31 Å². The number of methoxy groups -OCH3 is 1. The largest absolute Gasteiger partial charge is 0.496 e. The van der Waals surface area contributed by atoms with Crippen LogP contribution in [0.15, 0.2) is 41.6 Å². The number of aryl methyl sites for hydroxylation is 2. The molecule has 7 nitrogen and oxygen atoms in total. The number of nitrogens with zero attached hydrogens (tertiary/aromatic N) is 3. The zero-order valence-electron chi connectivity index (χ0n) is 19.2. The lowest BCUT2D eigenvalue weighted by atomic mass is 10.00. The molecule has 2 aliphatic heterocycles. The molecule has 0 saturated carbocycles. The van der Waals surface area contributed by atoms with Gasteiger partial charge in [-0.25, -0.2) is 8.42 Å². The van der Waals surface area contributed by atoms with Gasteiger partial charge in [-0.15, -0.1) is 0 Å². The third-order valence-electron chi connectivity index (χ3n) is 6.64.